The molecule has 0 saturated carbocycles. The van der Waals surface area contributed by atoms with Gasteiger partial charge in [0.1, 0.15) is 5.75 Å². The summed E-state index contributed by atoms with van der Waals surface area (Å²) in [7, 11) is -2.12. The smallest absolute Gasteiger partial charge is 0.240 e. The Labute approximate surface area is 153 Å². The van der Waals surface area contributed by atoms with Crippen molar-refractivity contribution in [2.75, 3.05) is 20.2 Å². The normalized spacial score (nSPS) is 14.0. The highest BCUT2D eigenvalue weighted by molar-refractivity contribution is 7.89. The zero-order valence-electron chi connectivity index (χ0n) is 14.6. The number of rotatable bonds is 6. The van der Waals surface area contributed by atoms with Gasteiger partial charge in [-0.1, -0.05) is 24.3 Å². The van der Waals surface area contributed by atoms with E-state index in [-0.39, 0.29) is 23.8 Å². The Morgan fingerprint density at radius 2 is 1.81 bits per heavy atom. The topological polar surface area (TPSA) is 75.7 Å². The Morgan fingerprint density at radius 1 is 1.12 bits per heavy atom. The third kappa shape index (κ3) is 4.23. The van der Waals surface area contributed by atoms with Gasteiger partial charge in [-0.05, 0) is 41.8 Å². The lowest BCUT2D eigenvalue weighted by Crippen LogP contribution is -2.38. The van der Waals surface area contributed by atoms with Crippen molar-refractivity contribution in [1.29, 1.82) is 0 Å². The lowest BCUT2D eigenvalue weighted by molar-refractivity contribution is -0.131. The summed E-state index contributed by atoms with van der Waals surface area (Å²) < 4.78 is 32.1. The van der Waals surface area contributed by atoms with Crippen LogP contribution in [0.4, 0.5) is 0 Å². The minimum atomic E-state index is -3.64. The molecule has 2 aromatic rings. The second-order valence-electron chi connectivity index (χ2n) is 6.16. The highest BCUT2D eigenvalue weighted by atomic mass is 32.2. The lowest BCUT2D eigenvalue weighted by Gasteiger charge is -2.29. The van der Waals surface area contributed by atoms with E-state index in [0.29, 0.717) is 18.8 Å². The Hall–Kier alpha value is -2.38. The maximum absolute atomic E-state index is 12.4. The first-order valence-corrected chi connectivity index (χ1v) is 9.96. The maximum Gasteiger partial charge on any atom is 0.240 e. The second-order valence-corrected chi connectivity index (χ2v) is 7.92. The largest absolute Gasteiger partial charge is 0.497 e. The summed E-state index contributed by atoms with van der Waals surface area (Å²) in [4.78, 5) is 14.3. The number of nitrogens with one attached hydrogen (secondary N) is 1. The molecule has 7 heteroatoms. The van der Waals surface area contributed by atoms with Crippen molar-refractivity contribution in [3.63, 3.8) is 0 Å². The molecule has 0 fully saturated rings. The van der Waals surface area contributed by atoms with Gasteiger partial charge in [0, 0.05) is 26.1 Å². The van der Waals surface area contributed by atoms with E-state index >= 15 is 0 Å². The van der Waals surface area contributed by atoms with Crippen LogP contribution in [0.15, 0.2) is 53.4 Å². The first-order valence-electron chi connectivity index (χ1n) is 8.48. The summed E-state index contributed by atoms with van der Waals surface area (Å²) in [6.07, 6.45) is 0.969. The molecular formula is C19H22N2O4S. The van der Waals surface area contributed by atoms with E-state index in [1.165, 1.54) is 24.8 Å². The van der Waals surface area contributed by atoms with Crippen LogP contribution in [0.2, 0.25) is 0 Å². The fourth-order valence-corrected chi connectivity index (χ4v) is 4.03. The highest BCUT2D eigenvalue weighted by Gasteiger charge is 2.21. The molecule has 0 saturated heterocycles. The van der Waals surface area contributed by atoms with Gasteiger partial charge in [0.2, 0.25) is 15.9 Å². The van der Waals surface area contributed by atoms with Gasteiger partial charge >= 0.3 is 0 Å². The summed E-state index contributed by atoms with van der Waals surface area (Å²) in [5.74, 6) is 0.543. The minimum absolute atomic E-state index is 0.0445. The minimum Gasteiger partial charge on any atom is -0.497 e. The van der Waals surface area contributed by atoms with Crippen molar-refractivity contribution in [2.45, 2.75) is 24.3 Å². The quantitative estimate of drug-likeness (QED) is 0.839. The number of nitrogens with zero attached hydrogens (tertiary/aromatic N) is 1. The zero-order valence-corrected chi connectivity index (χ0v) is 15.5. The number of hydrogen-bond acceptors (Lipinski definition) is 4. The van der Waals surface area contributed by atoms with Gasteiger partial charge in [0.25, 0.3) is 0 Å². The molecule has 1 amide bonds. The number of sulfonamides is 1. The fraction of sp³-hybridized carbons (Fsp3) is 0.316. The molecule has 1 aliphatic heterocycles. The Morgan fingerprint density at radius 3 is 2.50 bits per heavy atom. The van der Waals surface area contributed by atoms with Crippen molar-refractivity contribution in [3.8, 4) is 5.75 Å². The number of methoxy groups -OCH3 is 1. The van der Waals surface area contributed by atoms with Gasteiger partial charge in [-0.2, -0.15) is 0 Å². The number of ether oxygens (including phenoxy) is 1. The summed E-state index contributed by atoms with van der Waals surface area (Å²) in [5.41, 5.74) is 2.43. The molecule has 26 heavy (non-hydrogen) atoms. The second kappa shape index (κ2) is 7.88. The molecule has 0 bridgehead atoms. The third-order valence-corrected chi connectivity index (χ3v) is 5.96. The Kier molecular flexibility index (Phi) is 5.58. The van der Waals surface area contributed by atoms with Crippen molar-refractivity contribution in [3.05, 3.63) is 59.7 Å². The summed E-state index contributed by atoms with van der Waals surface area (Å²) in [5, 5.41) is 0. The van der Waals surface area contributed by atoms with E-state index in [4.69, 9.17) is 4.74 Å². The van der Waals surface area contributed by atoms with Gasteiger partial charge in [0.05, 0.1) is 12.0 Å². The van der Waals surface area contributed by atoms with Crippen LogP contribution in [0.5, 0.6) is 5.75 Å². The molecule has 6 nitrogen and oxygen atoms in total. The standard InChI is InChI=1S/C19H22N2O4S/c1-25-17-6-8-18(9-7-17)26(23,24)20-12-10-19(22)21-13-11-15-4-2-3-5-16(15)14-21/h2-9,20H,10-14H2,1H3. The van der Waals surface area contributed by atoms with Crippen LogP contribution in [0.3, 0.4) is 0 Å². The molecule has 1 heterocycles. The maximum atomic E-state index is 12.4. The van der Waals surface area contributed by atoms with Gasteiger partial charge in [-0.15, -0.1) is 0 Å². The molecule has 138 valence electrons. The van der Waals surface area contributed by atoms with Gasteiger partial charge in [-0.3, -0.25) is 4.79 Å². The van der Waals surface area contributed by atoms with Crippen LogP contribution in [-0.4, -0.2) is 39.4 Å². The molecule has 0 atom stereocenters. The highest BCUT2D eigenvalue weighted by Crippen LogP contribution is 2.19. The molecule has 0 aromatic heterocycles. The van der Waals surface area contributed by atoms with Crippen LogP contribution in [0.25, 0.3) is 0 Å². The van der Waals surface area contributed by atoms with E-state index in [1.807, 2.05) is 18.2 Å². The Balaban J connectivity index is 1.53. The molecule has 0 radical (unpaired) electrons. The molecule has 1 N–H and O–H groups in total. The number of hydrogen-bond donors (Lipinski definition) is 1. The SMILES string of the molecule is COc1ccc(S(=O)(=O)NCCC(=O)N2CCc3ccccc3C2)cc1. The van der Waals surface area contributed by atoms with E-state index < -0.39 is 10.0 Å². The number of fused-ring (bicyclic) bond motifs is 1. The number of carbonyl (C=O) groups excluding carboxylic acids is 1. The van der Waals surface area contributed by atoms with E-state index in [2.05, 4.69) is 10.8 Å². The molecule has 0 unspecified atom stereocenters. The van der Waals surface area contributed by atoms with Crippen molar-refractivity contribution in [2.24, 2.45) is 0 Å². The van der Waals surface area contributed by atoms with Crippen molar-refractivity contribution >= 4 is 15.9 Å². The van der Waals surface area contributed by atoms with Crippen molar-refractivity contribution in [1.82, 2.24) is 9.62 Å². The number of carbonyl (C=O) groups is 1. The first kappa shape index (κ1) is 18.4. The fourth-order valence-electron chi connectivity index (χ4n) is 3.00. The molecular weight excluding hydrogens is 352 g/mol. The summed E-state index contributed by atoms with van der Waals surface area (Å²) >= 11 is 0. The number of benzene rings is 2. The average molecular weight is 374 g/mol. The third-order valence-electron chi connectivity index (χ3n) is 4.48. The van der Waals surface area contributed by atoms with E-state index in [1.54, 1.807) is 17.0 Å². The molecule has 0 aliphatic carbocycles. The summed E-state index contributed by atoms with van der Waals surface area (Å²) in [6.45, 7) is 1.33. The lowest BCUT2D eigenvalue weighted by atomic mass is 10.00. The van der Waals surface area contributed by atoms with Gasteiger partial charge in [0.15, 0.2) is 0 Å². The van der Waals surface area contributed by atoms with Gasteiger partial charge < -0.3 is 9.64 Å². The molecule has 0 spiro atoms. The van der Waals surface area contributed by atoms with E-state index in [9.17, 15) is 13.2 Å². The monoisotopic (exact) mass is 374 g/mol. The predicted octanol–water partition coefficient (Wildman–Crippen LogP) is 1.95. The van der Waals surface area contributed by atoms with E-state index in [0.717, 1.165) is 12.0 Å². The molecule has 1 aliphatic rings. The summed E-state index contributed by atoms with van der Waals surface area (Å²) in [6, 6.07) is 14.2. The predicted molar refractivity (Wildman–Crippen MR) is 98.4 cm³/mol. The van der Waals surface area contributed by atoms with Crippen LogP contribution in [0.1, 0.15) is 17.5 Å². The Bertz CT molecular complexity index is 879. The first-order chi connectivity index (χ1) is 12.5. The van der Waals surface area contributed by atoms with Crippen LogP contribution >= 0.6 is 0 Å². The average Bonchev–Trinajstić information content (AvgIpc) is 2.67. The van der Waals surface area contributed by atoms with Crippen LogP contribution < -0.4 is 9.46 Å². The van der Waals surface area contributed by atoms with Crippen LogP contribution in [-0.2, 0) is 27.8 Å². The molecule has 3 rings (SSSR count). The number of amides is 1. The zero-order chi connectivity index (χ0) is 18.6. The van der Waals surface area contributed by atoms with Gasteiger partial charge in [-0.25, -0.2) is 13.1 Å². The van der Waals surface area contributed by atoms with Crippen LogP contribution in [0, 0.1) is 0 Å². The van der Waals surface area contributed by atoms with Crippen molar-refractivity contribution < 1.29 is 17.9 Å². The molecule has 2 aromatic carbocycles.